The fourth-order valence-corrected chi connectivity index (χ4v) is 6.14. The number of rotatable bonds is 1. The Morgan fingerprint density at radius 2 is 1.45 bits per heavy atom. The first-order valence-electron chi connectivity index (χ1n) is 13.5. The third-order valence-electron chi connectivity index (χ3n) is 7.89. The molecule has 0 aliphatic heterocycles. The van der Waals surface area contributed by atoms with Gasteiger partial charge in [0.2, 0.25) is 0 Å². The van der Waals surface area contributed by atoms with Gasteiger partial charge >= 0.3 is 63.8 Å². The van der Waals surface area contributed by atoms with E-state index in [2.05, 4.69) is 136 Å². The Balaban J connectivity index is 0.000000215. The number of hydrogen-bond donors (Lipinski definition) is 0. The van der Waals surface area contributed by atoms with Crippen molar-refractivity contribution < 1.29 is 49.0 Å². The molecule has 0 fully saturated rings. The molecule has 3 aliphatic carbocycles. The van der Waals surface area contributed by atoms with Crippen molar-refractivity contribution in [2.75, 3.05) is 0 Å². The van der Waals surface area contributed by atoms with E-state index in [4.69, 9.17) is 0 Å². The predicted octanol–water partition coefficient (Wildman–Crippen LogP) is 3.08. The van der Waals surface area contributed by atoms with E-state index >= 15 is 0 Å². The Labute approximate surface area is 268 Å². The summed E-state index contributed by atoms with van der Waals surface area (Å²) in [5.41, 5.74) is 15.7. The molecule has 0 saturated carbocycles. The van der Waals surface area contributed by atoms with E-state index in [1.807, 2.05) is 6.07 Å². The molecule has 3 aliphatic rings. The molecule has 0 atom stereocenters. The van der Waals surface area contributed by atoms with Crippen molar-refractivity contribution in [3.05, 3.63) is 135 Å². The molecule has 4 aromatic rings. The van der Waals surface area contributed by atoms with Crippen LogP contribution in [0, 0.1) is 19.9 Å². The summed E-state index contributed by atoms with van der Waals surface area (Å²) in [6.45, 7) is 13.3. The number of hydrogen-bond acceptors (Lipinski definition) is 0. The molecular formula is C37H36Cl2Zr-2. The Kier molecular flexibility index (Phi) is 10.3. The van der Waals surface area contributed by atoms with Gasteiger partial charge in [-0.25, -0.2) is 17.7 Å². The van der Waals surface area contributed by atoms with Crippen LogP contribution in [0.15, 0.2) is 78.9 Å². The van der Waals surface area contributed by atoms with Crippen molar-refractivity contribution in [2.24, 2.45) is 0 Å². The first-order chi connectivity index (χ1) is 18.1. The molecule has 7 rings (SSSR count). The molecule has 0 nitrogen and oxygen atoms in total. The van der Waals surface area contributed by atoms with Crippen LogP contribution < -0.4 is 24.8 Å². The minimum atomic E-state index is 0. The van der Waals surface area contributed by atoms with Gasteiger partial charge in [0, 0.05) is 5.41 Å². The fourth-order valence-electron chi connectivity index (χ4n) is 5.67. The van der Waals surface area contributed by atoms with Crippen molar-refractivity contribution in [2.45, 2.75) is 58.8 Å². The topological polar surface area (TPSA) is 0 Å². The van der Waals surface area contributed by atoms with Crippen LogP contribution in [0.3, 0.4) is 0 Å². The van der Waals surface area contributed by atoms with Gasteiger partial charge in [-0.3, -0.25) is 6.08 Å². The number of aryl methyl sites for hydroxylation is 2. The maximum atomic E-state index is 3.50. The third-order valence-corrected chi connectivity index (χ3v) is 8.71. The van der Waals surface area contributed by atoms with Crippen LogP contribution in [0.1, 0.15) is 77.8 Å². The minimum absolute atomic E-state index is 0. The van der Waals surface area contributed by atoms with Crippen molar-refractivity contribution in [1.82, 2.24) is 0 Å². The Bertz CT molecular complexity index is 1470. The van der Waals surface area contributed by atoms with Crippen molar-refractivity contribution in [3.63, 3.8) is 0 Å². The van der Waals surface area contributed by atoms with E-state index in [-0.39, 0.29) is 35.6 Å². The number of fused-ring (bicyclic) bond motifs is 5. The molecule has 0 saturated heterocycles. The van der Waals surface area contributed by atoms with Crippen LogP contribution in [0.25, 0.3) is 23.3 Å². The van der Waals surface area contributed by atoms with Crippen LogP contribution in [0.2, 0.25) is 0 Å². The van der Waals surface area contributed by atoms with Gasteiger partial charge in [-0.15, -0.1) is 11.6 Å². The van der Waals surface area contributed by atoms with Crippen molar-refractivity contribution in [3.8, 4) is 11.1 Å². The zero-order chi connectivity index (χ0) is 27.1. The van der Waals surface area contributed by atoms with Gasteiger partial charge in [-0.2, -0.15) is 23.3 Å². The Hall–Kier alpha value is -2.18. The molecule has 0 aromatic heterocycles. The maximum absolute atomic E-state index is 3.50. The molecular weight excluding hydrogens is 607 g/mol. The summed E-state index contributed by atoms with van der Waals surface area (Å²) in [6, 6.07) is 26.4. The summed E-state index contributed by atoms with van der Waals surface area (Å²) >= 11 is 1.46. The molecule has 0 spiro atoms. The van der Waals surface area contributed by atoms with Gasteiger partial charge in [-0.05, 0) is 45.9 Å². The second-order valence-electron chi connectivity index (χ2n) is 11.9. The molecule has 3 heteroatoms. The zero-order valence-electron chi connectivity index (χ0n) is 24.2. The summed E-state index contributed by atoms with van der Waals surface area (Å²) in [4.78, 5) is 0. The quantitative estimate of drug-likeness (QED) is 0.247. The molecule has 40 heavy (non-hydrogen) atoms. The van der Waals surface area contributed by atoms with Crippen LogP contribution in [0.4, 0.5) is 0 Å². The monoisotopic (exact) mass is 640 g/mol. The van der Waals surface area contributed by atoms with Gasteiger partial charge in [0.1, 0.15) is 0 Å². The third kappa shape index (κ3) is 6.65. The molecule has 0 bridgehead atoms. The molecule has 0 N–H and O–H groups in total. The normalized spacial score (nSPS) is 15.1. The van der Waals surface area contributed by atoms with Gasteiger partial charge in [0.05, 0.1) is 0 Å². The zero-order valence-corrected chi connectivity index (χ0v) is 28.2. The number of benzene rings is 3. The summed E-state index contributed by atoms with van der Waals surface area (Å²) in [5, 5.41) is 0. The standard InChI is InChI=1S/C23H21.C7H9.C7H6.2ClH.Zr/c1-22(2)7-5-14-10-18-16(12-20(14)22)9-17-13-21-15(11-19(17)18)6-8-23(21,3)4;1-6-3-4-7(2)5-6;1-7-5-3-2-4-6-7;;;/h5-7,10-13H,9H2,1-4H3;3-5H,1-2H3;1-6H;2*1H;/q2*-1;;;;+2/p-2. The summed E-state index contributed by atoms with van der Waals surface area (Å²) in [5.74, 6) is 0. The van der Waals surface area contributed by atoms with E-state index in [0.717, 1.165) is 6.42 Å². The SMILES string of the molecule is CC1(C)[C-]=Cc2cc3c(cc21)Cc1cc2c(cc1-3)C=CC2(C)C.Cc1c[cH-]c(C)c1.[Cl-].[Cl-].[Zr+2]=[CH]c1ccccc1. The summed E-state index contributed by atoms with van der Waals surface area (Å²) in [6.07, 6.45) is 11.4. The average molecular weight is 643 g/mol. The van der Waals surface area contributed by atoms with Gasteiger partial charge in [-0.1, -0.05) is 71.2 Å². The van der Waals surface area contributed by atoms with E-state index < -0.39 is 0 Å². The van der Waals surface area contributed by atoms with Crippen LogP contribution >= 0.6 is 0 Å². The van der Waals surface area contributed by atoms with Crippen LogP contribution in [-0.4, -0.2) is 3.71 Å². The second-order valence-corrected chi connectivity index (χ2v) is 12.6. The van der Waals surface area contributed by atoms with Gasteiger partial charge in [0.15, 0.2) is 0 Å². The van der Waals surface area contributed by atoms with Gasteiger partial charge < -0.3 is 24.8 Å². The van der Waals surface area contributed by atoms with Crippen molar-refractivity contribution >= 4 is 15.9 Å². The number of halogens is 2. The van der Waals surface area contributed by atoms with Crippen LogP contribution in [-0.2, 0) is 41.5 Å². The Morgan fingerprint density at radius 3 is 1.98 bits per heavy atom. The van der Waals surface area contributed by atoms with Gasteiger partial charge in [0.25, 0.3) is 0 Å². The van der Waals surface area contributed by atoms with E-state index in [9.17, 15) is 0 Å². The number of allylic oxidation sites excluding steroid dienone is 2. The molecule has 0 heterocycles. The van der Waals surface area contributed by atoms with Crippen molar-refractivity contribution in [1.29, 1.82) is 0 Å². The summed E-state index contributed by atoms with van der Waals surface area (Å²) in [7, 11) is 0. The molecule has 0 amide bonds. The molecule has 0 unspecified atom stereocenters. The van der Waals surface area contributed by atoms with Crippen LogP contribution in [0.5, 0.6) is 0 Å². The van der Waals surface area contributed by atoms with E-state index in [0.29, 0.717) is 0 Å². The first-order valence-corrected chi connectivity index (χ1v) is 14.9. The molecule has 4 aromatic carbocycles. The van der Waals surface area contributed by atoms with E-state index in [1.165, 1.54) is 85.4 Å². The Morgan fingerprint density at radius 1 is 0.825 bits per heavy atom. The summed E-state index contributed by atoms with van der Waals surface area (Å²) < 4.78 is 2.17. The predicted molar refractivity (Wildman–Crippen MR) is 161 cm³/mol. The fraction of sp³-hybridized carbons (Fsp3) is 0.243. The van der Waals surface area contributed by atoms with E-state index in [1.54, 1.807) is 0 Å². The second kappa shape index (κ2) is 12.8. The first kappa shape index (κ1) is 32.3. The molecule has 0 radical (unpaired) electrons. The molecule has 204 valence electrons. The average Bonchev–Trinajstić information content (AvgIpc) is 3.62.